The quantitative estimate of drug-likeness (QED) is 0.592. The van der Waals surface area contributed by atoms with E-state index in [2.05, 4.69) is 66.2 Å². The van der Waals surface area contributed by atoms with Crippen LogP contribution in [0.3, 0.4) is 0 Å². The van der Waals surface area contributed by atoms with Crippen molar-refractivity contribution in [1.82, 2.24) is 25.1 Å². The Morgan fingerprint density at radius 1 is 0.968 bits per heavy atom. The molecule has 1 aromatic heterocycles. The number of nitrogens with one attached hydrogen (secondary N) is 1. The molecular weight excluding hydrogens is 386 g/mol. The lowest BCUT2D eigenvalue weighted by Gasteiger charge is -2.36. The number of nitrogens with zero attached hydrogens (tertiary/aromatic N) is 6. The van der Waals surface area contributed by atoms with E-state index in [-0.39, 0.29) is 0 Å². The lowest BCUT2D eigenvalue weighted by Crippen LogP contribution is -2.52. The van der Waals surface area contributed by atoms with Crippen molar-refractivity contribution < 1.29 is 0 Å². The van der Waals surface area contributed by atoms with Crippen LogP contribution in [0.5, 0.6) is 0 Å². The van der Waals surface area contributed by atoms with Gasteiger partial charge in [-0.25, -0.2) is 9.97 Å². The number of hydrogen-bond acceptors (Lipinski definition) is 5. The van der Waals surface area contributed by atoms with E-state index in [0.717, 1.165) is 57.1 Å². The van der Waals surface area contributed by atoms with Crippen LogP contribution in [0.15, 0.2) is 47.7 Å². The minimum absolute atomic E-state index is 0.801. The second-order valence-electron chi connectivity index (χ2n) is 8.65. The SMILES string of the molecule is CN=C(NCc1ccccc1CN1CCC(C)CC1)N1CCN(c2ncccn2)CC1. The van der Waals surface area contributed by atoms with Crippen LogP contribution in [0.4, 0.5) is 5.95 Å². The molecule has 0 radical (unpaired) electrons. The Balaban J connectivity index is 1.31. The lowest BCUT2D eigenvalue weighted by atomic mass is 9.98. The van der Waals surface area contributed by atoms with Crippen molar-refractivity contribution in [3.63, 3.8) is 0 Å². The summed E-state index contributed by atoms with van der Waals surface area (Å²) in [6, 6.07) is 10.7. The standard InChI is InChI=1S/C24H35N7/c1-20-8-12-29(13-9-20)19-22-7-4-3-6-21(22)18-28-23(25-2)30-14-16-31(17-15-30)24-26-10-5-11-27-24/h3-7,10-11,20H,8-9,12-19H2,1-2H3,(H,25,28). The molecule has 2 aliphatic rings. The molecule has 31 heavy (non-hydrogen) atoms. The highest BCUT2D eigenvalue weighted by Gasteiger charge is 2.21. The number of piperazine rings is 1. The van der Waals surface area contributed by atoms with Crippen molar-refractivity contribution in [3.8, 4) is 0 Å². The van der Waals surface area contributed by atoms with Crippen LogP contribution in [0.25, 0.3) is 0 Å². The fraction of sp³-hybridized carbons (Fsp3) is 0.542. The van der Waals surface area contributed by atoms with E-state index in [4.69, 9.17) is 0 Å². The van der Waals surface area contributed by atoms with Crippen LogP contribution in [0.1, 0.15) is 30.9 Å². The van der Waals surface area contributed by atoms with Crippen LogP contribution >= 0.6 is 0 Å². The van der Waals surface area contributed by atoms with Gasteiger partial charge in [-0.15, -0.1) is 0 Å². The van der Waals surface area contributed by atoms with Crippen LogP contribution in [0.2, 0.25) is 0 Å². The molecule has 166 valence electrons. The van der Waals surface area contributed by atoms with Gasteiger partial charge in [0.2, 0.25) is 5.95 Å². The first-order valence-corrected chi connectivity index (χ1v) is 11.5. The van der Waals surface area contributed by atoms with Gasteiger partial charge < -0.3 is 15.1 Å². The highest BCUT2D eigenvalue weighted by atomic mass is 15.4. The third-order valence-corrected chi connectivity index (χ3v) is 6.45. The highest BCUT2D eigenvalue weighted by Crippen LogP contribution is 2.20. The molecule has 2 aromatic rings. The summed E-state index contributed by atoms with van der Waals surface area (Å²) >= 11 is 0. The van der Waals surface area contributed by atoms with Crippen molar-refractivity contribution in [1.29, 1.82) is 0 Å². The van der Waals surface area contributed by atoms with Crippen LogP contribution < -0.4 is 10.2 Å². The number of anilines is 1. The Hall–Kier alpha value is -2.67. The number of rotatable bonds is 5. The molecule has 0 aliphatic carbocycles. The Kier molecular flexibility index (Phi) is 7.35. The molecule has 2 aliphatic heterocycles. The molecule has 7 heteroatoms. The zero-order valence-corrected chi connectivity index (χ0v) is 18.9. The van der Waals surface area contributed by atoms with E-state index in [1.807, 2.05) is 13.1 Å². The fourth-order valence-corrected chi connectivity index (χ4v) is 4.42. The minimum Gasteiger partial charge on any atom is -0.352 e. The number of guanidine groups is 1. The summed E-state index contributed by atoms with van der Waals surface area (Å²) in [5, 5.41) is 3.60. The van der Waals surface area contributed by atoms with Crippen molar-refractivity contribution in [3.05, 3.63) is 53.9 Å². The zero-order valence-electron chi connectivity index (χ0n) is 18.9. The van der Waals surface area contributed by atoms with Crippen LogP contribution in [-0.4, -0.2) is 72.0 Å². The molecule has 0 saturated carbocycles. The third-order valence-electron chi connectivity index (χ3n) is 6.45. The summed E-state index contributed by atoms with van der Waals surface area (Å²) in [7, 11) is 1.87. The fourth-order valence-electron chi connectivity index (χ4n) is 4.42. The molecule has 3 heterocycles. The number of aliphatic imine (C=N–C) groups is 1. The highest BCUT2D eigenvalue weighted by molar-refractivity contribution is 5.80. The molecule has 0 bridgehead atoms. The van der Waals surface area contributed by atoms with E-state index in [9.17, 15) is 0 Å². The first-order chi connectivity index (χ1) is 15.2. The van der Waals surface area contributed by atoms with Gasteiger partial charge in [-0.3, -0.25) is 9.89 Å². The number of likely N-dealkylation sites (tertiary alicyclic amines) is 1. The molecule has 4 rings (SSSR count). The maximum atomic E-state index is 4.55. The van der Waals surface area contributed by atoms with Crippen molar-refractivity contribution in [2.75, 3.05) is 51.2 Å². The van der Waals surface area contributed by atoms with E-state index in [1.165, 1.54) is 37.1 Å². The van der Waals surface area contributed by atoms with Gasteiger partial charge in [0.05, 0.1) is 0 Å². The van der Waals surface area contributed by atoms with Crippen molar-refractivity contribution >= 4 is 11.9 Å². The summed E-state index contributed by atoms with van der Waals surface area (Å²) in [4.78, 5) is 20.5. The lowest BCUT2D eigenvalue weighted by molar-refractivity contribution is 0.185. The molecule has 7 nitrogen and oxygen atoms in total. The molecule has 1 aromatic carbocycles. The molecule has 0 spiro atoms. The molecule has 2 fully saturated rings. The summed E-state index contributed by atoms with van der Waals surface area (Å²) in [6.07, 6.45) is 6.23. The van der Waals surface area contributed by atoms with Gasteiger partial charge in [-0.05, 0) is 49.0 Å². The summed E-state index contributed by atoms with van der Waals surface area (Å²) in [5.74, 6) is 2.65. The Morgan fingerprint density at radius 3 is 2.32 bits per heavy atom. The summed E-state index contributed by atoms with van der Waals surface area (Å²) in [5.41, 5.74) is 2.78. The van der Waals surface area contributed by atoms with E-state index < -0.39 is 0 Å². The molecule has 0 unspecified atom stereocenters. The molecule has 2 saturated heterocycles. The molecule has 1 N–H and O–H groups in total. The first kappa shape index (κ1) is 21.6. The van der Waals surface area contributed by atoms with E-state index >= 15 is 0 Å². The van der Waals surface area contributed by atoms with Gasteiger partial charge in [0, 0.05) is 58.7 Å². The van der Waals surface area contributed by atoms with E-state index in [1.54, 1.807) is 12.4 Å². The van der Waals surface area contributed by atoms with Crippen molar-refractivity contribution in [2.45, 2.75) is 32.9 Å². The molecule has 0 atom stereocenters. The predicted molar refractivity (Wildman–Crippen MR) is 126 cm³/mol. The Bertz CT molecular complexity index is 838. The molecular formula is C24H35N7. The van der Waals surface area contributed by atoms with Gasteiger partial charge in [-0.1, -0.05) is 31.2 Å². The second-order valence-corrected chi connectivity index (χ2v) is 8.65. The number of benzene rings is 1. The number of hydrogen-bond donors (Lipinski definition) is 1. The number of aromatic nitrogens is 2. The van der Waals surface area contributed by atoms with Crippen LogP contribution in [0, 0.1) is 5.92 Å². The summed E-state index contributed by atoms with van der Waals surface area (Å²) < 4.78 is 0. The minimum atomic E-state index is 0.801. The van der Waals surface area contributed by atoms with E-state index in [0.29, 0.717) is 0 Å². The van der Waals surface area contributed by atoms with Gasteiger partial charge in [0.25, 0.3) is 0 Å². The monoisotopic (exact) mass is 421 g/mol. The molecule has 0 amide bonds. The van der Waals surface area contributed by atoms with Gasteiger partial charge in [0.1, 0.15) is 0 Å². The second kappa shape index (κ2) is 10.6. The average Bonchev–Trinajstić information content (AvgIpc) is 2.83. The predicted octanol–water partition coefficient (Wildman–Crippen LogP) is 2.61. The first-order valence-electron chi connectivity index (χ1n) is 11.5. The largest absolute Gasteiger partial charge is 0.352 e. The van der Waals surface area contributed by atoms with Crippen LogP contribution in [-0.2, 0) is 13.1 Å². The maximum Gasteiger partial charge on any atom is 0.225 e. The topological polar surface area (TPSA) is 59.9 Å². The zero-order chi connectivity index (χ0) is 21.5. The average molecular weight is 422 g/mol. The Labute approximate surface area is 186 Å². The van der Waals surface area contributed by atoms with Crippen molar-refractivity contribution in [2.24, 2.45) is 10.9 Å². The number of piperidine rings is 1. The smallest absolute Gasteiger partial charge is 0.225 e. The van der Waals surface area contributed by atoms with Gasteiger partial charge in [0.15, 0.2) is 5.96 Å². The summed E-state index contributed by atoms with van der Waals surface area (Å²) in [6.45, 7) is 10.2. The Morgan fingerprint density at radius 2 is 1.65 bits per heavy atom. The van der Waals surface area contributed by atoms with Gasteiger partial charge >= 0.3 is 0 Å². The third kappa shape index (κ3) is 5.73. The van der Waals surface area contributed by atoms with Gasteiger partial charge in [-0.2, -0.15) is 0 Å². The normalized spacial score (nSPS) is 19.0. The maximum absolute atomic E-state index is 4.55.